The van der Waals surface area contributed by atoms with Gasteiger partial charge in [0.15, 0.2) is 0 Å². The normalized spacial score (nSPS) is 11.1. The average Bonchev–Trinajstić information content (AvgIpc) is 2.17. The summed E-state index contributed by atoms with van der Waals surface area (Å²) < 4.78 is 5.22. The predicted octanol–water partition coefficient (Wildman–Crippen LogP) is 1.74. The average molecular weight is 247 g/mol. The maximum atomic E-state index is 10.5. The van der Waals surface area contributed by atoms with Gasteiger partial charge in [-0.2, -0.15) is 0 Å². The monoisotopic (exact) mass is 247 g/mol. The Kier molecular flexibility index (Phi) is 11.9. The van der Waals surface area contributed by atoms with Gasteiger partial charge >= 0.3 is 0 Å². The Morgan fingerprint density at radius 2 is 1.94 bits per heavy atom. The van der Waals surface area contributed by atoms with Crippen LogP contribution in [0.4, 0.5) is 0 Å². The number of aliphatic hydroxyl groups excluding tert-OH is 1. The Labute approximate surface area is 106 Å². The van der Waals surface area contributed by atoms with Crippen LogP contribution >= 0.6 is 0 Å². The molecule has 0 spiro atoms. The molecule has 0 aliphatic heterocycles. The van der Waals surface area contributed by atoms with Crippen LogP contribution in [0.2, 0.25) is 0 Å². The molecule has 0 fully saturated rings. The molecule has 0 aromatic heterocycles. The Morgan fingerprint density at radius 3 is 2.18 bits per heavy atom. The molecular weight excluding hydrogens is 218 g/mol. The molecule has 0 atom stereocenters. The minimum atomic E-state index is -0.518. The van der Waals surface area contributed by atoms with Crippen molar-refractivity contribution in [2.24, 2.45) is 11.7 Å². The SMILES string of the molecule is CC(=O)CCOC(C)(C)CO.CC(C)CCN. The van der Waals surface area contributed by atoms with Gasteiger partial charge in [0.1, 0.15) is 5.78 Å². The first-order chi connectivity index (χ1) is 7.75. The van der Waals surface area contributed by atoms with Gasteiger partial charge in [-0.3, -0.25) is 4.79 Å². The van der Waals surface area contributed by atoms with Gasteiger partial charge in [-0.1, -0.05) is 13.8 Å². The van der Waals surface area contributed by atoms with E-state index < -0.39 is 5.60 Å². The van der Waals surface area contributed by atoms with E-state index in [-0.39, 0.29) is 12.4 Å². The molecule has 0 saturated heterocycles. The molecule has 4 nitrogen and oxygen atoms in total. The summed E-state index contributed by atoms with van der Waals surface area (Å²) in [6.07, 6.45) is 1.57. The van der Waals surface area contributed by atoms with Gasteiger partial charge in [0.2, 0.25) is 0 Å². The van der Waals surface area contributed by atoms with E-state index in [4.69, 9.17) is 15.6 Å². The van der Waals surface area contributed by atoms with Gasteiger partial charge in [0.05, 0.1) is 18.8 Å². The van der Waals surface area contributed by atoms with Crippen LogP contribution in [0.1, 0.15) is 47.5 Å². The lowest BCUT2D eigenvalue weighted by molar-refractivity contribution is -0.120. The minimum absolute atomic E-state index is 0.0229. The first-order valence-electron chi connectivity index (χ1n) is 6.19. The standard InChI is InChI=1S/C8H16O3.C5H13N/c1-7(10)4-5-11-8(2,3)6-9;1-5(2)3-4-6/h9H,4-6H2,1-3H3;5H,3-4,6H2,1-2H3. The van der Waals surface area contributed by atoms with Gasteiger partial charge in [-0.15, -0.1) is 0 Å². The Balaban J connectivity index is 0. The molecule has 0 aliphatic rings. The van der Waals surface area contributed by atoms with E-state index >= 15 is 0 Å². The Morgan fingerprint density at radius 1 is 1.41 bits per heavy atom. The van der Waals surface area contributed by atoms with Crippen molar-refractivity contribution >= 4 is 5.78 Å². The van der Waals surface area contributed by atoms with Gasteiger partial charge in [0, 0.05) is 6.42 Å². The number of ether oxygens (including phenoxy) is 1. The third kappa shape index (κ3) is 18.1. The zero-order chi connectivity index (χ0) is 13.9. The van der Waals surface area contributed by atoms with Crippen LogP contribution < -0.4 is 5.73 Å². The van der Waals surface area contributed by atoms with Crippen molar-refractivity contribution in [1.29, 1.82) is 0 Å². The molecule has 0 aromatic carbocycles. The molecule has 0 heterocycles. The molecular formula is C13H29NO3. The van der Waals surface area contributed by atoms with E-state index in [2.05, 4.69) is 13.8 Å². The van der Waals surface area contributed by atoms with Crippen molar-refractivity contribution in [3.05, 3.63) is 0 Å². The summed E-state index contributed by atoms with van der Waals surface area (Å²) in [7, 11) is 0. The highest BCUT2D eigenvalue weighted by Crippen LogP contribution is 2.07. The van der Waals surface area contributed by atoms with E-state index in [1.807, 2.05) is 0 Å². The molecule has 0 radical (unpaired) electrons. The number of aliphatic hydroxyl groups is 1. The van der Waals surface area contributed by atoms with E-state index in [0.717, 1.165) is 18.9 Å². The molecule has 17 heavy (non-hydrogen) atoms. The summed E-state index contributed by atoms with van der Waals surface area (Å²) in [5.41, 5.74) is 4.71. The number of ketones is 1. The lowest BCUT2D eigenvalue weighted by Crippen LogP contribution is -2.29. The fourth-order valence-electron chi connectivity index (χ4n) is 0.850. The molecule has 0 saturated carbocycles. The van der Waals surface area contributed by atoms with Crippen LogP contribution in [-0.4, -0.2) is 36.2 Å². The highest BCUT2D eigenvalue weighted by molar-refractivity contribution is 5.75. The van der Waals surface area contributed by atoms with Crippen molar-refractivity contribution in [2.45, 2.75) is 53.1 Å². The maximum absolute atomic E-state index is 10.5. The lowest BCUT2D eigenvalue weighted by atomic mass is 10.1. The van der Waals surface area contributed by atoms with Gasteiger partial charge < -0.3 is 15.6 Å². The second-order valence-corrected chi connectivity index (χ2v) is 5.19. The number of carbonyl (C=O) groups is 1. The van der Waals surface area contributed by atoms with Crippen LogP contribution in [-0.2, 0) is 9.53 Å². The minimum Gasteiger partial charge on any atom is -0.393 e. The topological polar surface area (TPSA) is 72.5 Å². The second-order valence-electron chi connectivity index (χ2n) is 5.19. The zero-order valence-corrected chi connectivity index (χ0v) is 12.0. The Bertz CT molecular complexity index is 191. The number of nitrogens with two attached hydrogens (primary N) is 1. The maximum Gasteiger partial charge on any atom is 0.132 e. The number of rotatable bonds is 7. The Hall–Kier alpha value is -0.450. The summed E-state index contributed by atoms with van der Waals surface area (Å²) in [4.78, 5) is 10.5. The molecule has 0 amide bonds. The van der Waals surface area contributed by atoms with Crippen molar-refractivity contribution in [3.63, 3.8) is 0 Å². The molecule has 0 bridgehead atoms. The highest BCUT2D eigenvalue weighted by atomic mass is 16.5. The predicted molar refractivity (Wildman–Crippen MR) is 70.9 cm³/mol. The number of Topliss-reactive ketones (excluding diaryl/α,β-unsaturated/α-hetero) is 1. The summed E-state index contributed by atoms with van der Waals surface area (Å²) in [5, 5.41) is 8.75. The summed E-state index contributed by atoms with van der Waals surface area (Å²) in [6, 6.07) is 0. The van der Waals surface area contributed by atoms with Crippen molar-refractivity contribution in [2.75, 3.05) is 19.8 Å². The summed E-state index contributed by atoms with van der Waals surface area (Å²) >= 11 is 0. The van der Waals surface area contributed by atoms with Crippen molar-refractivity contribution < 1.29 is 14.6 Å². The number of carbonyl (C=O) groups excluding carboxylic acids is 1. The van der Waals surface area contributed by atoms with Crippen LogP contribution in [0.25, 0.3) is 0 Å². The molecule has 0 aromatic rings. The van der Waals surface area contributed by atoms with Gasteiger partial charge in [-0.05, 0) is 39.7 Å². The first kappa shape index (κ1) is 18.9. The zero-order valence-electron chi connectivity index (χ0n) is 12.0. The fraction of sp³-hybridized carbons (Fsp3) is 0.923. The first-order valence-corrected chi connectivity index (χ1v) is 6.19. The van der Waals surface area contributed by atoms with E-state index in [1.165, 1.54) is 6.92 Å². The number of hydrogen-bond donors (Lipinski definition) is 2. The molecule has 104 valence electrons. The molecule has 0 rings (SSSR count). The van der Waals surface area contributed by atoms with Crippen LogP contribution in [0.15, 0.2) is 0 Å². The van der Waals surface area contributed by atoms with Crippen LogP contribution in [0, 0.1) is 5.92 Å². The summed E-state index contributed by atoms with van der Waals surface area (Å²) in [6.45, 7) is 10.6. The van der Waals surface area contributed by atoms with Crippen molar-refractivity contribution in [1.82, 2.24) is 0 Å². The van der Waals surface area contributed by atoms with Crippen molar-refractivity contribution in [3.8, 4) is 0 Å². The van der Waals surface area contributed by atoms with Gasteiger partial charge in [-0.25, -0.2) is 0 Å². The highest BCUT2D eigenvalue weighted by Gasteiger charge is 2.16. The van der Waals surface area contributed by atoms with Crippen LogP contribution in [0.3, 0.4) is 0 Å². The summed E-state index contributed by atoms with van der Waals surface area (Å²) in [5.74, 6) is 0.883. The fourth-order valence-corrected chi connectivity index (χ4v) is 0.850. The lowest BCUT2D eigenvalue weighted by Gasteiger charge is -2.21. The van der Waals surface area contributed by atoms with E-state index in [9.17, 15) is 4.79 Å². The van der Waals surface area contributed by atoms with Crippen LogP contribution in [0.5, 0.6) is 0 Å². The molecule has 0 unspecified atom stereocenters. The largest absolute Gasteiger partial charge is 0.393 e. The molecule has 4 heteroatoms. The van der Waals surface area contributed by atoms with E-state index in [0.29, 0.717) is 13.0 Å². The molecule has 3 N–H and O–H groups in total. The molecule has 0 aliphatic carbocycles. The number of hydrogen-bond acceptors (Lipinski definition) is 4. The smallest absolute Gasteiger partial charge is 0.132 e. The quantitative estimate of drug-likeness (QED) is 0.719. The van der Waals surface area contributed by atoms with E-state index in [1.54, 1.807) is 13.8 Å². The third-order valence-electron chi connectivity index (χ3n) is 2.07. The van der Waals surface area contributed by atoms with Gasteiger partial charge in [0.25, 0.3) is 0 Å². The second kappa shape index (κ2) is 10.7. The third-order valence-corrected chi connectivity index (χ3v) is 2.07.